The maximum absolute atomic E-state index is 13.8. The number of benzene rings is 2. The number of fused-ring (bicyclic) bond motifs is 1. The summed E-state index contributed by atoms with van der Waals surface area (Å²) in [4.78, 5) is 14.4. The van der Waals surface area contributed by atoms with Gasteiger partial charge in [0.25, 0.3) is 0 Å². The van der Waals surface area contributed by atoms with E-state index in [1.54, 1.807) is 18.2 Å². The van der Waals surface area contributed by atoms with Crippen LogP contribution < -0.4 is 5.69 Å². The van der Waals surface area contributed by atoms with Crippen molar-refractivity contribution in [2.45, 2.75) is 0 Å². The van der Waals surface area contributed by atoms with Gasteiger partial charge in [-0.25, -0.2) is 9.18 Å². The molecule has 1 aromatic heterocycles. The molecule has 0 unspecified atom stereocenters. The minimum Gasteiger partial charge on any atom is -0.508 e. The number of aromatic nitrogens is 2. The van der Waals surface area contributed by atoms with Gasteiger partial charge in [0, 0.05) is 6.07 Å². The standard InChI is InChI=1S/C13H9FN2O2/c14-10-5-2-6-11-12(10)16(13(18)15-11)8-3-1-4-9(17)7-8/h1-7,17H,(H,15,18). The van der Waals surface area contributed by atoms with E-state index in [0.717, 1.165) is 0 Å². The van der Waals surface area contributed by atoms with Crippen molar-refractivity contribution in [1.82, 2.24) is 9.55 Å². The summed E-state index contributed by atoms with van der Waals surface area (Å²) < 4.78 is 15.0. The molecule has 0 saturated heterocycles. The van der Waals surface area contributed by atoms with Crippen molar-refractivity contribution in [3.8, 4) is 11.4 Å². The Kier molecular flexibility index (Phi) is 2.19. The zero-order valence-electron chi connectivity index (χ0n) is 9.22. The number of H-pyrrole nitrogens is 1. The van der Waals surface area contributed by atoms with Gasteiger partial charge in [0.15, 0.2) is 0 Å². The number of para-hydroxylation sites is 1. The number of rotatable bonds is 1. The molecule has 1 heterocycles. The van der Waals surface area contributed by atoms with Gasteiger partial charge in [0.05, 0.1) is 11.2 Å². The van der Waals surface area contributed by atoms with Gasteiger partial charge in [0.1, 0.15) is 17.1 Å². The van der Waals surface area contributed by atoms with Crippen LogP contribution in [0.25, 0.3) is 16.7 Å². The van der Waals surface area contributed by atoms with E-state index in [0.29, 0.717) is 11.2 Å². The number of nitrogens with zero attached hydrogens (tertiary/aromatic N) is 1. The van der Waals surface area contributed by atoms with Gasteiger partial charge >= 0.3 is 5.69 Å². The van der Waals surface area contributed by atoms with Crippen LogP contribution in [0.15, 0.2) is 47.3 Å². The van der Waals surface area contributed by atoms with Gasteiger partial charge in [-0.05, 0) is 24.3 Å². The van der Waals surface area contributed by atoms with Crippen LogP contribution in [0.2, 0.25) is 0 Å². The van der Waals surface area contributed by atoms with E-state index in [9.17, 15) is 14.3 Å². The summed E-state index contributed by atoms with van der Waals surface area (Å²) in [6, 6.07) is 10.5. The van der Waals surface area contributed by atoms with Crippen molar-refractivity contribution >= 4 is 11.0 Å². The van der Waals surface area contributed by atoms with E-state index in [1.165, 1.54) is 28.8 Å². The molecule has 0 aliphatic heterocycles. The molecular weight excluding hydrogens is 235 g/mol. The second-order valence-corrected chi connectivity index (χ2v) is 3.92. The van der Waals surface area contributed by atoms with Crippen LogP contribution in [0, 0.1) is 5.82 Å². The molecule has 90 valence electrons. The normalized spacial score (nSPS) is 10.9. The van der Waals surface area contributed by atoms with Crippen LogP contribution in [-0.4, -0.2) is 14.7 Å². The number of nitrogens with one attached hydrogen (secondary N) is 1. The fraction of sp³-hybridized carbons (Fsp3) is 0. The number of phenols is 1. The Labute approximate surface area is 101 Å². The monoisotopic (exact) mass is 244 g/mol. The topological polar surface area (TPSA) is 58.0 Å². The average molecular weight is 244 g/mol. The second kappa shape index (κ2) is 3.73. The molecule has 0 atom stereocenters. The van der Waals surface area contributed by atoms with Crippen molar-refractivity contribution in [2.24, 2.45) is 0 Å². The Morgan fingerprint density at radius 3 is 2.72 bits per heavy atom. The summed E-state index contributed by atoms with van der Waals surface area (Å²) in [6.07, 6.45) is 0. The molecule has 0 spiro atoms. The molecule has 3 aromatic rings. The Hall–Kier alpha value is -2.56. The number of halogens is 1. The molecule has 2 aromatic carbocycles. The molecule has 5 heteroatoms. The minimum absolute atomic E-state index is 0.0186. The zero-order chi connectivity index (χ0) is 12.7. The maximum Gasteiger partial charge on any atom is 0.331 e. The largest absolute Gasteiger partial charge is 0.508 e. The van der Waals surface area contributed by atoms with Crippen molar-refractivity contribution in [3.05, 3.63) is 58.8 Å². The van der Waals surface area contributed by atoms with E-state index in [4.69, 9.17) is 0 Å². The number of hydrogen-bond acceptors (Lipinski definition) is 2. The van der Waals surface area contributed by atoms with E-state index < -0.39 is 11.5 Å². The lowest BCUT2D eigenvalue weighted by molar-refractivity contribution is 0.475. The highest BCUT2D eigenvalue weighted by Gasteiger charge is 2.12. The first-order valence-corrected chi connectivity index (χ1v) is 5.35. The Balaban J connectivity index is 2.42. The SMILES string of the molecule is O=c1[nH]c2cccc(F)c2n1-c1cccc(O)c1. The summed E-state index contributed by atoms with van der Waals surface area (Å²) in [7, 11) is 0. The quantitative estimate of drug-likeness (QED) is 0.689. The predicted octanol–water partition coefficient (Wildman–Crippen LogP) is 2.16. The van der Waals surface area contributed by atoms with Crippen molar-refractivity contribution in [2.75, 3.05) is 0 Å². The fourth-order valence-corrected chi connectivity index (χ4v) is 1.99. The molecule has 0 aliphatic rings. The van der Waals surface area contributed by atoms with Crippen LogP contribution in [0.4, 0.5) is 4.39 Å². The lowest BCUT2D eigenvalue weighted by Gasteiger charge is -2.04. The number of imidazole rings is 1. The van der Waals surface area contributed by atoms with Gasteiger partial charge < -0.3 is 10.1 Å². The highest BCUT2D eigenvalue weighted by molar-refractivity contribution is 5.78. The summed E-state index contributed by atoms with van der Waals surface area (Å²) in [6.45, 7) is 0. The molecule has 0 bridgehead atoms. The van der Waals surface area contributed by atoms with Crippen LogP contribution in [0.3, 0.4) is 0 Å². The van der Waals surface area contributed by atoms with Gasteiger partial charge in [-0.15, -0.1) is 0 Å². The smallest absolute Gasteiger partial charge is 0.331 e. The lowest BCUT2D eigenvalue weighted by Crippen LogP contribution is -2.14. The summed E-state index contributed by atoms with van der Waals surface area (Å²) in [5.41, 5.74) is 0.563. The highest BCUT2D eigenvalue weighted by Crippen LogP contribution is 2.20. The molecule has 4 nitrogen and oxygen atoms in total. The van der Waals surface area contributed by atoms with Crippen LogP contribution >= 0.6 is 0 Å². The molecule has 0 radical (unpaired) electrons. The zero-order valence-corrected chi connectivity index (χ0v) is 9.22. The van der Waals surface area contributed by atoms with Crippen LogP contribution in [0.5, 0.6) is 5.75 Å². The molecule has 0 aliphatic carbocycles. The number of hydrogen-bond donors (Lipinski definition) is 2. The van der Waals surface area contributed by atoms with Gasteiger partial charge in [0.2, 0.25) is 0 Å². The third-order valence-corrected chi connectivity index (χ3v) is 2.74. The third kappa shape index (κ3) is 1.48. The first-order valence-electron chi connectivity index (χ1n) is 5.35. The summed E-state index contributed by atoms with van der Waals surface area (Å²) in [5, 5.41) is 9.42. The average Bonchev–Trinajstić information content (AvgIpc) is 2.67. The maximum atomic E-state index is 13.8. The molecule has 0 fully saturated rings. The van der Waals surface area contributed by atoms with E-state index in [2.05, 4.69) is 4.98 Å². The highest BCUT2D eigenvalue weighted by atomic mass is 19.1. The van der Waals surface area contributed by atoms with Crippen LogP contribution in [-0.2, 0) is 0 Å². The summed E-state index contributed by atoms with van der Waals surface area (Å²) in [5.74, 6) is -0.473. The first-order chi connectivity index (χ1) is 8.66. The number of aromatic amines is 1. The summed E-state index contributed by atoms with van der Waals surface area (Å²) >= 11 is 0. The number of aromatic hydroxyl groups is 1. The van der Waals surface area contributed by atoms with Gasteiger partial charge in [-0.1, -0.05) is 12.1 Å². The van der Waals surface area contributed by atoms with E-state index in [1.807, 2.05) is 0 Å². The van der Waals surface area contributed by atoms with Gasteiger partial charge in [-0.2, -0.15) is 0 Å². The number of phenolic OH excluding ortho intramolecular Hbond substituents is 1. The van der Waals surface area contributed by atoms with Crippen molar-refractivity contribution < 1.29 is 9.50 Å². The van der Waals surface area contributed by atoms with Crippen molar-refractivity contribution in [3.63, 3.8) is 0 Å². The van der Waals surface area contributed by atoms with E-state index >= 15 is 0 Å². The Morgan fingerprint density at radius 2 is 1.94 bits per heavy atom. The molecule has 0 saturated carbocycles. The minimum atomic E-state index is -0.491. The predicted molar refractivity (Wildman–Crippen MR) is 65.5 cm³/mol. The molecule has 0 amide bonds. The van der Waals surface area contributed by atoms with Crippen molar-refractivity contribution in [1.29, 1.82) is 0 Å². The Bertz CT molecular complexity index is 789. The lowest BCUT2D eigenvalue weighted by atomic mass is 10.2. The van der Waals surface area contributed by atoms with Crippen LogP contribution in [0.1, 0.15) is 0 Å². The molecule has 3 rings (SSSR count). The third-order valence-electron chi connectivity index (χ3n) is 2.74. The first kappa shape index (κ1) is 10.6. The molecule has 2 N–H and O–H groups in total. The van der Waals surface area contributed by atoms with E-state index in [-0.39, 0.29) is 11.3 Å². The van der Waals surface area contributed by atoms with Gasteiger partial charge in [-0.3, -0.25) is 4.57 Å². The molecular formula is C13H9FN2O2. The Morgan fingerprint density at radius 1 is 1.17 bits per heavy atom. The fourth-order valence-electron chi connectivity index (χ4n) is 1.99. The second-order valence-electron chi connectivity index (χ2n) is 3.92. The molecule has 18 heavy (non-hydrogen) atoms.